The number of fused-ring (bicyclic) bond motifs is 1. The Labute approximate surface area is 219 Å². The maximum Gasteiger partial charge on any atom is 0.264 e. The van der Waals surface area contributed by atoms with Crippen LogP contribution < -0.4 is 10.9 Å². The van der Waals surface area contributed by atoms with E-state index in [0.717, 1.165) is 16.7 Å². The lowest BCUT2D eigenvalue weighted by atomic mass is 10.0. The molecule has 2 N–H and O–H groups in total. The summed E-state index contributed by atoms with van der Waals surface area (Å²) in [6.45, 7) is -0.0801. The van der Waals surface area contributed by atoms with E-state index in [9.17, 15) is 27.6 Å². The number of rotatable bonds is 8. The zero-order valence-corrected chi connectivity index (χ0v) is 20.2. The third-order valence-electron chi connectivity index (χ3n) is 6.08. The summed E-state index contributed by atoms with van der Waals surface area (Å²) in [5, 5.41) is 2.65. The molecule has 1 aliphatic rings. The molecule has 2 aromatic carbocycles. The predicted octanol–water partition coefficient (Wildman–Crippen LogP) is 4.60. The number of anilines is 1. The maximum atomic E-state index is 14.9. The molecule has 0 bridgehead atoms. The van der Waals surface area contributed by atoms with Crippen LogP contribution in [0.15, 0.2) is 66.3 Å². The molecule has 1 aliphatic heterocycles. The van der Waals surface area contributed by atoms with E-state index in [0.29, 0.717) is 22.5 Å². The highest BCUT2D eigenvalue weighted by molar-refractivity contribution is 6.35. The van der Waals surface area contributed by atoms with Crippen LogP contribution in [0.4, 0.5) is 18.9 Å². The molecule has 0 saturated carbocycles. The van der Waals surface area contributed by atoms with Crippen LogP contribution in [-0.2, 0) is 11.3 Å². The highest BCUT2D eigenvalue weighted by atomic mass is 19.2. The Bertz CT molecular complexity index is 1710. The summed E-state index contributed by atoms with van der Waals surface area (Å²) in [6, 6.07) is 6.19. The van der Waals surface area contributed by atoms with E-state index in [1.165, 1.54) is 43.3 Å². The number of halogens is 3. The number of nitrogens with one attached hydrogen (secondary N) is 2. The number of ketones is 1. The third-order valence-corrected chi connectivity index (χ3v) is 6.08. The Morgan fingerprint density at radius 1 is 1.00 bits per heavy atom. The quantitative estimate of drug-likeness (QED) is 0.255. The van der Waals surface area contributed by atoms with Gasteiger partial charge in [0.1, 0.15) is 11.4 Å². The molecule has 0 aliphatic carbocycles. The van der Waals surface area contributed by atoms with Gasteiger partial charge in [0.25, 0.3) is 11.5 Å². The Kier molecular flexibility index (Phi) is 7.04. The van der Waals surface area contributed by atoms with Gasteiger partial charge in [-0.1, -0.05) is 18.2 Å². The minimum absolute atomic E-state index is 0.0101. The summed E-state index contributed by atoms with van der Waals surface area (Å²) in [4.78, 5) is 48.4. The lowest BCUT2D eigenvalue weighted by Crippen LogP contribution is -2.27. The fraction of sp³-hybridized carbons (Fsp3) is 0.107. The van der Waals surface area contributed by atoms with Gasteiger partial charge >= 0.3 is 0 Å². The molecular weight excluding hydrogens is 511 g/mol. The second-order valence-corrected chi connectivity index (χ2v) is 8.80. The maximum absolute atomic E-state index is 14.9. The molecule has 8 nitrogen and oxygen atoms in total. The van der Waals surface area contributed by atoms with Crippen molar-refractivity contribution in [1.29, 1.82) is 0 Å². The normalized spacial score (nSPS) is 13.7. The van der Waals surface area contributed by atoms with Crippen molar-refractivity contribution in [3.05, 3.63) is 117 Å². The van der Waals surface area contributed by atoms with Crippen molar-refractivity contribution in [2.24, 2.45) is 0 Å². The number of nitrogens with zero attached hydrogens (tertiary/aromatic N) is 3. The number of carbonyl (C=O) groups is 2. The van der Waals surface area contributed by atoms with Crippen molar-refractivity contribution >= 4 is 35.1 Å². The summed E-state index contributed by atoms with van der Waals surface area (Å²) < 4.78 is 42.7. The van der Waals surface area contributed by atoms with Gasteiger partial charge in [0.2, 0.25) is 0 Å². The monoisotopic (exact) mass is 531 g/mol. The summed E-state index contributed by atoms with van der Waals surface area (Å²) in [5.41, 5.74) is 1.33. The summed E-state index contributed by atoms with van der Waals surface area (Å²) in [6.07, 6.45) is 10.4. The predicted molar refractivity (Wildman–Crippen MR) is 138 cm³/mol. The number of benzene rings is 2. The number of allylic oxidation sites excluding steroid dienone is 1. The fourth-order valence-corrected chi connectivity index (χ4v) is 4.20. The number of carbonyl (C=O) groups excluding carboxylic acids is 2. The second-order valence-electron chi connectivity index (χ2n) is 8.80. The molecule has 0 spiro atoms. The van der Waals surface area contributed by atoms with Gasteiger partial charge in [-0.25, -0.2) is 23.1 Å². The van der Waals surface area contributed by atoms with Gasteiger partial charge in [-0.2, -0.15) is 0 Å². The van der Waals surface area contributed by atoms with Gasteiger partial charge < -0.3 is 10.3 Å². The molecule has 2 aromatic heterocycles. The van der Waals surface area contributed by atoms with Crippen LogP contribution in [0.1, 0.15) is 45.6 Å². The number of hydrogen-bond acceptors (Lipinski definition) is 5. The van der Waals surface area contributed by atoms with Gasteiger partial charge in [0, 0.05) is 18.2 Å². The molecule has 0 fully saturated rings. The first-order chi connectivity index (χ1) is 18.8. The number of Topliss-reactive ketones (excluding diaryl/α,β-unsaturated/α-hetero) is 1. The molecule has 4 aromatic rings. The van der Waals surface area contributed by atoms with E-state index in [-0.39, 0.29) is 36.1 Å². The average Bonchev–Trinajstić information content (AvgIpc) is 3.53. The Hall–Kier alpha value is -5.06. The van der Waals surface area contributed by atoms with Crippen molar-refractivity contribution in [1.82, 2.24) is 19.5 Å². The average molecular weight is 531 g/mol. The first kappa shape index (κ1) is 25.6. The van der Waals surface area contributed by atoms with Crippen molar-refractivity contribution in [3.63, 3.8) is 0 Å². The first-order valence-corrected chi connectivity index (χ1v) is 11.8. The van der Waals surface area contributed by atoms with Gasteiger partial charge in [-0.05, 0) is 47.9 Å². The van der Waals surface area contributed by atoms with E-state index in [2.05, 4.69) is 20.3 Å². The van der Waals surface area contributed by atoms with Gasteiger partial charge in [-0.3, -0.25) is 19.0 Å². The minimum atomic E-state index is -1.04. The highest BCUT2D eigenvalue weighted by Gasteiger charge is 2.28. The largest absolute Gasteiger partial charge is 0.345 e. The zero-order valence-electron chi connectivity index (χ0n) is 20.2. The van der Waals surface area contributed by atoms with Crippen molar-refractivity contribution < 1.29 is 22.8 Å². The Morgan fingerprint density at radius 3 is 2.62 bits per heavy atom. The van der Waals surface area contributed by atoms with Gasteiger partial charge in [0.05, 0.1) is 42.4 Å². The summed E-state index contributed by atoms with van der Waals surface area (Å²) >= 11 is 0. The SMILES string of the molecule is O=C1Nc2cc(/C=C/CCC(=O)c3cncn(Cc4ccc(F)c(F)c4)c3=O)cc(F)c2/C1=C/c1cnc[nH]1. The fourth-order valence-electron chi connectivity index (χ4n) is 4.20. The highest BCUT2D eigenvalue weighted by Crippen LogP contribution is 2.36. The third kappa shape index (κ3) is 5.47. The number of hydrogen-bond donors (Lipinski definition) is 2. The van der Waals surface area contributed by atoms with Crippen LogP contribution in [0.2, 0.25) is 0 Å². The van der Waals surface area contributed by atoms with Crippen molar-refractivity contribution in [3.8, 4) is 0 Å². The molecule has 39 heavy (non-hydrogen) atoms. The van der Waals surface area contributed by atoms with Crippen LogP contribution >= 0.6 is 0 Å². The van der Waals surface area contributed by atoms with E-state index in [1.54, 1.807) is 18.2 Å². The lowest BCUT2D eigenvalue weighted by molar-refractivity contribution is -0.110. The lowest BCUT2D eigenvalue weighted by Gasteiger charge is -2.07. The van der Waals surface area contributed by atoms with E-state index in [4.69, 9.17) is 0 Å². The number of aromatic amines is 1. The molecule has 0 unspecified atom stereocenters. The molecule has 196 valence electrons. The van der Waals surface area contributed by atoms with Crippen LogP contribution in [-0.4, -0.2) is 31.2 Å². The van der Waals surface area contributed by atoms with Crippen LogP contribution in [0.25, 0.3) is 17.7 Å². The zero-order chi connectivity index (χ0) is 27.5. The molecule has 3 heterocycles. The molecule has 0 atom stereocenters. The standard InChI is InChI=1S/C28H20F3N5O3/c29-21-6-5-17(8-22(21)30)13-36-15-33-12-20(28(36)39)25(37)4-2-1-3-16-7-23(31)26-19(10-18-11-32-14-34-18)27(38)35-24(26)9-16/h1,3,5-12,14-15H,2,4,13H2,(H,32,34)(H,35,38)/b3-1+,19-10-. The van der Waals surface area contributed by atoms with Crippen molar-refractivity contribution in [2.45, 2.75) is 19.4 Å². The molecule has 1 amide bonds. The van der Waals surface area contributed by atoms with Crippen LogP contribution in [0.5, 0.6) is 0 Å². The van der Waals surface area contributed by atoms with Gasteiger partial charge in [-0.15, -0.1) is 0 Å². The van der Waals surface area contributed by atoms with Crippen molar-refractivity contribution in [2.75, 3.05) is 5.32 Å². The van der Waals surface area contributed by atoms with E-state index < -0.39 is 34.7 Å². The molecule has 0 radical (unpaired) electrons. The number of imidazole rings is 1. The number of H-pyrrole nitrogens is 1. The molecule has 11 heteroatoms. The minimum Gasteiger partial charge on any atom is -0.345 e. The smallest absolute Gasteiger partial charge is 0.264 e. The van der Waals surface area contributed by atoms with Crippen LogP contribution in [0, 0.1) is 17.5 Å². The van der Waals surface area contributed by atoms with Crippen LogP contribution in [0.3, 0.4) is 0 Å². The van der Waals surface area contributed by atoms with E-state index >= 15 is 0 Å². The summed E-state index contributed by atoms with van der Waals surface area (Å²) in [5.74, 6) is -3.50. The first-order valence-electron chi connectivity index (χ1n) is 11.8. The number of amides is 1. The second kappa shape index (κ2) is 10.7. The van der Waals surface area contributed by atoms with Gasteiger partial charge in [0.15, 0.2) is 17.4 Å². The molecule has 0 saturated heterocycles. The van der Waals surface area contributed by atoms with E-state index in [1.807, 2.05) is 0 Å². The number of aromatic nitrogens is 4. The Balaban J connectivity index is 1.25. The Morgan fingerprint density at radius 2 is 1.85 bits per heavy atom. The topological polar surface area (TPSA) is 110 Å². The molecular formula is C28H20F3N5O3. The summed E-state index contributed by atoms with van der Waals surface area (Å²) in [7, 11) is 0. The molecule has 5 rings (SSSR count).